The molecule has 2 aromatic carbocycles. The zero-order chi connectivity index (χ0) is 19.0. The van der Waals surface area contributed by atoms with E-state index >= 15 is 0 Å². The fourth-order valence-corrected chi connectivity index (χ4v) is 2.55. The van der Waals surface area contributed by atoms with Crippen molar-refractivity contribution in [1.82, 2.24) is 0 Å². The Morgan fingerprint density at radius 1 is 1.12 bits per heavy atom. The molecule has 2 rings (SSSR count). The molecule has 0 aliphatic heterocycles. The number of ether oxygens (including phenoxy) is 2. The summed E-state index contributed by atoms with van der Waals surface area (Å²) in [4.78, 5) is 12.5. The van der Waals surface area contributed by atoms with Gasteiger partial charge in [-0.2, -0.15) is 0 Å². The number of anilines is 1. The summed E-state index contributed by atoms with van der Waals surface area (Å²) in [5.41, 5.74) is 1.25. The quantitative estimate of drug-likeness (QED) is 0.694. The number of hydrogen-bond donors (Lipinski definition) is 1. The number of carbonyl (C=O) groups excluding carboxylic acids is 1. The molecule has 0 saturated heterocycles. The van der Waals surface area contributed by atoms with E-state index in [2.05, 4.69) is 5.32 Å². The van der Waals surface area contributed by atoms with E-state index in [0.29, 0.717) is 6.61 Å². The summed E-state index contributed by atoms with van der Waals surface area (Å²) in [5.74, 6) is 0.556. The molecule has 0 aliphatic rings. The number of methoxy groups -OCH3 is 1. The van der Waals surface area contributed by atoms with Crippen LogP contribution < -0.4 is 10.1 Å². The first-order valence-corrected chi connectivity index (χ1v) is 8.78. The Morgan fingerprint density at radius 2 is 1.77 bits per heavy atom. The van der Waals surface area contributed by atoms with Crippen molar-refractivity contribution in [3.8, 4) is 5.75 Å². The van der Waals surface area contributed by atoms with E-state index < -0.39 is 5.41 Å². The van der Waals surface area contributed by atoms with Crippen LogP contribution in [0.1, 0.15) is 26.3 Å². The van der Waals surface area contributed by atoms with Crippen LogP contribution in [0, 0.1) is 5.41 Å². The van der Waals surface area contributed by atoms with Crippen molar-refractivity contribution in [2.45, 2.75) is 26.8 Å². The highest BCUT2D eigenvalue weighted by atomic mass is 16.5. The maximum Gasteiger partial charge on any atom is 0.313 e. The van der Waals surface area contributed by atoms with Gasteiger partial charge in [-0.15, -0.1) is 0 Å². The van der Waals surface area contributed by atoms with Crippen LogP contribution in [0.25, 0.3) is 6.08 Å². The van der Waals surface area contributed by atoms with Crippen LogP contribution in [-0.4, -0.2) is 25.7 Å². The first kappa shape index (κ1) is 19.6. The fourth-order valence-electron chi connectivity index (χ4n) is 2.55. The number of hydrogen-bond acceptors (Lipinski definition) is 4. The molecular weight excluding hydrogens is 326 g/mol. The first-order chi connectivity index (χ1) is 12.5. The third-order valence-corrected chi connectivity index (χ3v) is 4.27. The van der Waals surface area contributed by atoms with Crippen LogP contribution in [-0.2, 0) is 9.53 Å². The maximum atomic E-state index is 12.5. The predicted molar refractivity (Wildman–Crippen MR) is 106 cm³/mol. The van der Waals surface area contributed by atoms with Gasteiger partial charge in [-0.25, -0.2) is 0 Å². The van der Waals surface area contributed by atoms with Crippen LogP contribution >= 0.6 is 0 Å². The SMILES string of the molecule is CCOC(=O)C(C)(C)C(/C=C/c1ccccc1)Nc1ccc(OC)cc1. The topological polar surface area (TPSA) is 47.6 Å². The van der Waals surface area contributed by atoms with Gasteiger partial charge in [-0.05, 0) is 50.6 Å². The summed E-state index contributed by atoms with van der Waals surface area (Å²) in [6, 6.07) is 17.4. The van der Waals surface area contributed by atoms with Crippen molar-refractivity contribution in [1.29, 1.82) is 0 Å². The minimum absolute atomic E-state index is 0.233. The van der Waals surface area contributed by atoms with Gasteiger partial charge in [-0.3, -0.25) is 4.79 Å². The second-order valence-electron chi connectivity index (χ2n) is 6.56. The lowest BCUT2D eigenvalue weighted by Crippen LogP contribution is -2.42. The molecular formula is C22H27NO3. The summed E-state index contributed by atoms with van der Waals surface area (Å²) in [6.07, 6.45) is 4.03. The monoisotopic (exact) mass is 353 g/mol. The van der Waals surface area contributed by atoms with Crippen molar-refractivity contribution in [2.75, 3.05) is 19.0 Å². The molecule has 1 N–H and O–H groups in total. The molecule has 4 heteroatoms. The van der Waals surface area contributed by atoms with Gasteiger partial charge in [-0.1, -0.05) is 42.5 Å². The molecule has 0 spiro atoms. The average Bonchev–Trinajstić information content (AvgIpc) is 2.66. The highest BCUT2D eigenvalue weighted by Crippen LogP contribution is 2.28. The molecule has 0 aliphatic carbocycles. The fraction of sp³-hybridized carbons (Fsp3) is 0.318. The van der Waals surface area contributed by atoms with Crippen LogP contribution in [0.3, 0.4) is 0 Å². The Morgan fingerprint density at radius 3 is 2.35 bits per heavy atom. The van der Waals surface area contributed by atoms with Gasteiger partial charge in [0, 0.05) is 5.69 Å². The van der Waals surface area contributed by atoms with Crippen LogP contribution in [0.15, 0.2) is 60.7 Å². The van der Waals surface area contributed by atoms with E-state index in [0.717, 1.165) is 17.0 Å². The molecule has 0 fully saturated rings. The molecule has 4 nitrogen and oxygen atoms in total. The minimum Gasteiger partial charge on any atom is -0.497 e. The molecule has 26 heavy (non-hydrogen) atoms. The summed E-state index contributed by atoms with van der Waals surface area (Å²) < 4.78 is 10.5. The molecule has 2 aromatic rings. The lowest BCUT2D eigenvalue weighted by molar-refractivity contribution is -0.153. The zero-order valence-electron chi connectivity index (χ0n) is 15.9. The Balaban J connectivity index is 2.27. The summed E-state index contributed by atoms with van der Waals surface area (Å²) in [6.45, 7) is 5.96. The highest BCUT2D eigenvalue weighted by molar-refractivity contribution is 5.78. The standard InChI is InChI=1S/C22H27NO3/c1-5-26-21(24)22(2,3)20(16-11-17-9-7-6-8-10-17)23-18-12-14-19(25-4)15-13-18/h6-16,20,23H,5H2,1-4H3/b16-11+. The second kappa shape index (κ2) is 9.09. The summed E-state index contributed by atoms with van der Waals surface area (Å²) >= 11 is 0. The normalized spacial score (nSPS) is 12.6. The van der Waals surface area contributed by atoms with Crippen molar-refractivity contribution in [3.05, 3.63) is 66.2 Å². The van der Waals surface area contributed by atoms with E-state index in [1.807, 2.05) is 87.5 Å². The smallest absolute Gasteiger partial charge is 0.313 e. The van der Waals surface area contributed by atoms with Crippen LogP contribution in [0.5, 0.6) is 5.75 Å². The van der Waals surface area contributed by atoms with Gasteiger partial charge in [0.25, 0.3) is 0 Å². The Hall–Kier alpha value is -2.75. The van der Waals surface area contributed by atoms with Crippen molar-refractivity contribution in [2.24, 2.45) is 5.41 Å². The molecule has 0 amide bonds. The second-order valence-corrected chi connectivity index (χ2v) is 6.56. The Bertz CT molecular complexity index is 721. The van der Waals surface area contributed by atoms with Crippen molar-refractivity contribution in [3.63, 3.8) is 0 Å². The molecule has 0 saturated carbocycles. The molecule has 0 aromatic heterocycles. The summed E-state index contributed by atoms with van der Waals surface area (Å²) in [7, 11) is 1.64. The predicted octanol–water partition coefficient (Wildman–Crippen LogP) is 4.78. The van der Waals surface area contributed by atoms with Gasteiger partial charge in [0.05, 0.1) is 25.2 Å². The van der Waals surface area contributed by atoms with Crippen molar-refractivity contribution < 1.29 is 14.3 Å². The first-order valence-electron chi connectivity index (χ1n) is 8.78. The van der Waals surface area contributed by atoms with E-state index in [1.54, 1.807) is 7.11 Å². The van der Waals surface area contributed by atoms with E-state index in [4.69, 9.17) is 9.47 Å². The largest absolute Gasteiger partial charge is 0.497 e. The minimum atomic E-state index is -0.735. The Kier molecular flexibility index (Phi) is 6.84. The highest BCUT2D eigenvalue weighted by Gasteiger charge is 2.37. The van der Waals surface area contributed by atoms with E-state index in [-0.39, 0.29) is 12.0 Å². The van der Waals surface area contributed by atoms with Gasteiger partial charge in [0.15, 0.2) is 0 Å². The summed E-state index contributed by atoms with van der Waals surface area (Å²) in [5, 5.41) is 3.44. The van der Waals surface area contributed by atoms with Crippen molar-refractivity contribution >= 4 is 17.7 Å². The molecule has 0 radical (unpaired) electrons. The number of nitrogens with one attached hydrogen (secondary N) is 1. The maximum absolute atomic E-state index is 12.5. The number of rotatable bonds is 8. The zero-order valence-corrected chi connectivity index (χ0v) is 15.9. The number of carbonyl (C=O) groups is 1. The van der Waals surface area contributed by atoms with Crippen LogP contribution in [0.2, 0.25) is 0 Å². The molecule has 138 valence electrons. The molecule has 0 bridgehead atoms. The van der Waals surface area contributed by atoms with E-state index in [9.17, 15) is 4.79 Å². The van der Waals surface area contributed by atoms with E-state index in [1.165, 1.54) is 0 Å². The molecule has 0 heterocycles. The average molecular weight is 353 g/mol. The van der Waals surface area contributed by atoms with Gasteiger partial charge in [0.2, 0.25) is 0 Å². The molecule has 1 atom stereocenters. The van der Waals surface area contributed by atoms with Crippen LogP contribution in [0.4, 0.5) is 5.69 Å². The number of benzene rings is 2. The van der Waals surface area contributed by atoms with Gasteiger partial charge < -0.3 is 14.8 Å². The number of esters is 1. The lowest BCUT2D eigenvalue weighted by atomic mass is 9.83. The lowest BCUT2D eigenvalue weighted by Gasteiger charge is -2.31. The van der Waals surface area contributed by atoms with Gasteiger partial charge >= 0.3 is 5.97 Å². The van der Waals surface area contributed by atoms with Gasteiger partial charge in [0.1, 0.15) is 5.75 Å². The third-order valence-electron chi connectivity index (χ3n) is 4.27. The third kappa shape index (κ3) is 5.12. The Labute approximate surface area is 155 Å². The molecule has 1 unspecified atom stereocenters.